The lowest BCUT2D eigenvalue weighted by Crippen LogP contribution is -2.52. The molecule has 3 nitrogen and oxygen atoms in total. The third-order valence-electron chi connectivity index (χ3n) is 4.90. The lowest BCUT2D eigenvalue weighted by Gasteiger charge is -2.39. The molecule has 0 radical (unpaired) electrons. The zero-order valence-corrected chi connectivity index (χ0v) is 13.0. The van der Waals surface area contributed by atoms with Crippen LogP contribution < -0.4 is 5.32 Å². The molecule has 2 aliphatic rings. The van der Waals surface area contributed by atoms with E-state index < -0.39 is 0 Å². The average Bonchev–Trinajstić information content (AvgIpc) is 2.98. The van der Waals surface area contributed by atoms with Gasteiger partial charge in [-0.3, -0.25) is 9.80 Å². The fourth-order valence-electron chi connectivity index (χ4n) is 3.58. The minimum Gasteiger partial charge on any atom is -0.313 e. The molecule has 1 atom stereocenters. The fourth-order valence-corrected chi connectivity index (χ4v) is 3.58. The molecule has 1 unspecified atom stereocenters. The van der Waals surface area contributed by atoms with Crippen LogP contribution >= 0.6 is 0 Å². The Kier molecular flexibility index (Phi) is 6.62. The highest BCUT2D eigenvalue weighted by atomic mass is 15.3. The smallest absolute Gasteiger partial charge is 0.0192 e. The molecule has 2 rings (SSSR count). The van der Waals surface area contributed by atoms with Crippen LogP contribution in [0.25, 0.3) is 0 Å². The van der Waals surface area contributed by atoms with Crippen molar-refractivity contribution in [3.05, 3.63) is 0 Å². The first kappa shape index (κ1) is 15.3. The Morgan fingerprint density at radius 2 is 1.74 bits per heavy atom. The molecule has 2 fully saturated rings. The molecule has 0 bridgehead atoms. The molecule has 0 spiro atoms. The summed E-state index contributed by atoms with van der Waals surface area (Å²) in [4.78, 5) is 5.42. The number of hydrogen-bond donors (Lipinski definition) is 1. The summed E-state index contributed by atoms with van der Waals surface area (Å²) in [5, 5.41) is 3.68. The topological polar surface area (TPSA) is 18.5 Å². The summed E-state index contributed by atoms with van der Waals surface area (Å²) in [7, 11) is 0. The van der Waals surface area contributed by atoms with Gasteiger partial charge in [-0.2, -0.15) is 0 Å². The number of piperazine rings is 1. The van der Waals surface area contributed by atoms with Crippen LogP contribution in [0.2, 0.25) is 0 Å². The molecule has 1 heterocycles. The van der Waals surface area contributed by atoms with E-state index in [1.807, 2.05) is 0 Å². The van der Waals surface area contributed by atoms with Gasteiger partial charge < -0.3 is 5.32 Å². The van der Waals surface area contributed by atoms with Crippen LogP contribution in [-0.4, -0.2) is 61.2 Å². The largest absolute Gasteiger partial charge is 0.313 e. The highest BCUT2D eigenvalue weighted by Gasteiger charge is 2.26. The van der Waals surface area contributed by atoms with E-state index in [0.29, 0.717) is 6.04 Å². The molecule has 0 aromatic rings. The van der Waals surface area contributed by atoms with Crippen LogP contribution in [0.4, 0.5) is 0 Å². The Morgan fingerprint density at radius 1 is 1.05 bits per heavy atom. The number of hydrogen-bond acceptors (Lipinski definition) is 3. The van der Waals surface area contributed by atoms with Gasteiger partial charge in [-0.05, 0) is 32.2 Å². The second-order valence-electron chi connectivity index (χ2n) is 6.33. The van der Waals surface area contributed by atoms with Crippen LogP contribution in [-0.2, 0) is 0 Å². The summed E-state index contributed by atoms with van der Waals surface area (Å²) in [6, 6.07) is 1.61. The van der Waals surface area contributed by atoms with Crippen molar-refractivity contribution >= 4 is 0 Å². The van der Waals surface area contributed by atoms with Crippen LogP contribution in [0.15, 0.2) is 0 Å². The first-order chi connectivity index (χ1) is 9.33. The predicted molar refractivity (Wildman–Crippen MR) is 82.6 cm³/mol. The van der Waals surface area contributed by atoms with Crippen molar-refractivity contribution in [1.29, 1.82) is 0 Å². The lowest BCUT2D eigenvalue weighted by atomic mass is 10.1. The van der Waals surface area contributed by atoms with Crippen molar-refractivity contribution in [1.82, 2.24) is 15.1 Å². The maximum atomic E-state index is 3.68. The molecular weight excluding hydrogens is 234 g/mol. The maximum Gasteiger partial charge on any atom is 0.0192 e. The van der Waals surface area contributed by atoms with E-state index in [2.05, 4.69) is 29.0 Å². The van der Waals surface area contributed by atoms with Crippen molar-refractivity contribution in [3.63, 3.8) is 0 Å². The Hall–Kier alpha value is -0.120. The zero-order valence-electron chi connectivity index (χ0n) is 13.0. The molecule has 1 aliphatic carbocycles. The second kappa shape index (κ2) is 8.23. The Labute approximate surface area is 119 Å². The van der Waals surface area contributed by atoms with Crippen molar-refractivity contribution in [2.75, 3.05) is 39.3 Å². The molecule has 1 saturated heterocycles. The molecule has 1 saturated carbocycles. The van der Waals surface area contributed by atoms with Crippen LogP contribution in [0, 0.1) is 0 Å². The Morgan fingerprint density at radius 3 is 2.32 bits per heavy atom. The Bertz CT molecular complexity index is 230. The first-order valence-corrected chi connectivity index (χ1v) is 8.53. The van der Waals surface area contributed by atoms with Gasteiger partial charge in [0.1, 0.15) is 0 Å². The average molecular weight is 267 g/mol. The third-order valence-corrected chi connectivity index (χ3v) is 4.90. The Balaban J connectivity index is 1.67. The second-order valence-corrected chi connectivity index (χ2v) is 6.33. The fraction of sp³-hybridized carbons (Fsp3) is 1.00. The van der Waals surface area contributed by atoms with Gasteiger partial charge in [0, 0.05) is 44.8 Å². The van der Waals surface area contributed by atoms with Crippen LogP contribution in [0.1, 0.15) is 52.4 Å². The SMILES string of the molecule is CCCNC(CC)CN1CCN(C2CCCC2)CC1. The van der Waals surface area contributed by atoms with E-state index in [0.717, 1.165) is 6.04 Å². The summed E-state index contributed by atoms with van der Waals surface area (Å²) in [6.07, 6.45) is 8.33. The number of nitrogens with zero attached hydrogens (tertiary/aromatic N) is 2. The van der Waals surface area contributed by atoms with Gasteiger partial charge in [0.2, 0.25) is 0 Å². The monoisotopic (exact) mass is 267 g/mol. The quantitative estimate of drug-likeness (QED) is 0.764. The van der Waals surface area contributed by atoms with Gasteiger partial charge in [-0.25, -0.2) is 0 Å². The summed E-state index contributed by atoms with van der Waals surface area (Å²) in [6.45, 7) is 12.1. The van der Waals surface area contributed by atoms with Gasteiger partial charge in [-0.15, -0.1) is 0 Å². The van der Waals surface area contributed by atoms with E-state index in [9.17, 15) is 0 Å². The summed E-state index contributed by atoms with van der Waals surface area (Å²) < 4.78 is 0. The molecule has 0 amide bonds. The van der Waals surface area contributed by atoms with Crippen molar-refractivity contribution in [2.45, 2.75) is 64.5 Å². The molecular formula is C16H33N3. The molecule has 3 heteroatoms. The maximum absolute atomic E-state index is 3.68. The molecule has 0 aromatic carbocycles. The zero-order chi connectivity index (χ0) is 13.5. The van der Waals surface area contributed by atoms with Crippen LogP contribution in [0.5, 0.6) is 0 Å². The van der Waals surface area contributed by atoms with Gasteiger partial charge in [-0.1, -0.05) is 26.7 Å². The lowest BCUT2D eigenvalue weighted by molar-refractivity contribution is 0.0910. The normalized spacial score (nSPS) is 24.9. The van der Waals surface area contributed by atoms with Gasteiger partial charge in [0.05, 0.1) is 0 Å². The van der Waals surface area contributed by atoms with Crippen molar-refractivity contribution < 1.29 is 0 Å². The van der Waals surface area contributed by atoms with E-state index >= 15 is 0 Å². The minimum absolute atomic E-state index is 0.693. The van der Waals surface area contributed by atoms with E-state index in [-0.39, 0.29) is 0 Å². The highest BCUT2D eigenvalue weighted by Crippen LogP contribution is 2.24. The molecule has 112 valence electrons. The third kappa shape index (κ3) is 4.73. The minimum atomic E-state index is 0.693. The summed E-state index contributed by atoms with van der Waals surface area (Å²) in [5.41, 5.74) is 0. The van der Waals surface area contributed by atoms with Crippen LogP contribution in [0.3, 0.4) is 0 Å². The summed E-state index contributed by atoms with van der Waals surface area (Å²) in [5.74, 6) is 0. The number of rotatable bonds is 7. The molecule has 0 aromatic heterocycles. The summed E-state index contributed by atoms with van der Waals surface area (Å²) >= 11 is 0. The standard InChI is InChI=1S/C16H33N3/c1-3-9-17-15(4-2)14-18-10-12-19(13-11-18)16-7-5-6-8-16/h15-17H,3-14H2,1-2H3. The highest BCUT2D eigenvalue weighted by molar-refractivity contribution is 4.83. The van der Waals surface area contributed by atoms with E-state index in [1.54, 1.807) is 0 Å². The first-order valence-electron chi connectivity index (χ1n) is 8.53. The predicted octanol–water partition coefficient (Wildman–Crippen LogP) is 2.32. The molecule has 1 aliphatic heterocycles. The number of nitrogens with one attached hydrogen (secondary N) is 1. The van der Waals surface area contributed by atoms with E-state index in [1.165, 1.54) is 77.8 Å². The van der Waals surface area contributed by atoms with Crippen molar-refractivity contribution in [2.24, 2.45) is 0 Å². The molecule has 19 heavy (non-hydrogen) atoms. The van der Waals surface area contributed by atoms with Gasteiger partial charge >= 0.3 is 0 Å². The van der Waals surface area contributed by atoms with Crippen molar-refractivity contribution in [3.8, 4) is 0 Å². The molecule has 1 N–H and O–H groups in total. The van der Waals surface area contributed by atoms with E-state index in [4.69, 9.17) is 0 Å². The van der Waals surface area contributed by atoms with Gasteiger partial charge in [0.15, 0.2) is 0 Å². The van der Waals surface area contributed by atoms with Gasteiger partial charge in [0.25, 0.3) is 0 Å².